The van der Waals surface area contributed by atoms with Crippen LogP contribution in [0.3, 0.4) is 0 Å². The first-order chi connectivity index (χ1) is 15.8. The van der Waals surface area contributed by atoms with Crippen LogP contribution in [0.5, 0.6) is 0 Å². The van der Waals surface area contributed by atoms with Gasteiger partial charge in [0.15, 0.2) is 11.7 Å². The van der Waals surface area contributed by atoms with Gasteiger partial charge in [-0.05, 0) is 18.4 Å². The van der Waals surface area contributed by atoms with Crippen LogP contribution < -0.4 is 5.32 Å². The van der Waals surface area contributed by atoms with E-state index in [9.17, 15) is 28.8 Å². The van der Waals surface area contributed by atoms with Crippen molar-refractivity contribution in [2.75, 3.05) is 19.1 Å². The molecule has 34 heavy (non-hydrogen) atoms. The fraction of sp³-hybridized carbons (Fsp3) is 0.714. The maximum Gasteiger partial charge on any atom is 0.328 e. The number of esters is 5. The average molecular weight is 506 g/mol. The van der Waals surface area contributed by atoms with E-state index in [2.05, 4.69) is 5.32 Å². The summed E-state index contributed by atoms with van der Waals surface area (Å²) in [4.78, 5) is 72.8. The molecular weight excluding hydrogens is 474 g/mol. The van der Waals surface area contributed by atoms with E-state index in [4.69, 9.17) is 23.7 Å². The van der Waals surface area contributed by atoms with Gasteiger partial charge >= 0.3 is 29.8 Å². The molecule has 0 aliphatic heterocycles. The number of carbonyl (C=O) groups excluding carboxylic acids is 6. The summed E-state index contributed by atoms with van der Waals surface area (Å²) in [5.41, 5.74) is -2.01. The molecule has 3 atom stereocenters. The highest BCUT2D eigenvalue weighted by atomic mass is 32.2. The first-order valence-electron chi connectivity index (χ1n) is 10.4. The van der Waals surface area contributed by atoms with Crippen molar-refractivity contribution >= 4 is 47.5 Å². The van der Waals surface area contributed by atoms with E-state index in [1.807, 2.05) is 6.26 Å². The van der Waals surface area contributed by atoms with Gasteiger partial charge in [-0.15, -0.1) is 0 Å². The van der Waals surface area contributed by atoms with E-state index in [0.717, 1.165) is 27.7 Å². The van der Waals surface area contributed by atoms with Gasteiger partial charge in [0.05, 0.1) is 7.11 Å². The van der Waals surface area contributed by atoms with Crippen LogP contribution in [0.4, 0.5) is 0 Å². The number of rotatable bonds is 10. The molecule has 0 aromatic rings. The van der Waals surface area contributed by atoms with Crippen molar-refractivity contribution in [3.05, 3.63) is 0 Å². The Morgan fingerprint density at radius 1 is 0.882 bits per heavy atom. The maximum absolute atomic E-state index is 13.4. The maximum atomic E-state index is 13.4. The fourth-order valence-electron chi connectivity index (χ4n) is 3.70. The Balaban J connectivity index is 3.46. The van der Waals surface area contributed by atoms with Crippen LogP contribution in [0.2, 0.25) is 0 Å². The monoisotopic (exact) mass is 505 g/mol. The second-order valence-corrected chi connectivity index (χ2v) is 8.68. The van der Waals surface area contributed by atoms with Gasteiger partial charge in [0.2, 0.25) is 0 Å². The van der Waals surface area contributed by atoms with Gasteiger partial charge in [0.25, 0.3) is 5.91 Å². The molecule has 0 aromatic heterocycles. The summed E-state index contributed by atoms with van der Waals surface area (Å²) in [7, 11) is 1.17. The zero-order chi connectivity index (χ0) is 26.1. The number of hydrogen-bond donors (Lipinski definition) is 1. The molecule has 1 N–H and O–H groups in total. The van der Waals surface area contributed by atoms with Crippen LogP contribution in [-0.4, -0.2) is 84.8 Å². The number of ether oxygens (including phenoxy) is 5. The van der Waals surface area contributed by atoms with Crippen LogP contribution in [0, 0.1) is 0 Å². The number of thioether (sulfide) groups is 1. The van der Waals surface area contributed by atoms with E-state index >= 15 is 0 Å². The normalized spacial score (nSPS) is 24.7. The van der Waals surface area contributed by atoms with Gasteiger partial charge in [0, 0.05) is 40.5 Å². The Morgan fingerprint density at radius 3 is 1.76 bits per heavy atom. The van der Waals surface area contributed by atoms with E-state index in [1.165, 1.54) is 18.9 Å². The number of amides is 1. The van der Waals surface area contributed by atoms with E-state index in [-0.39, 0.29) is 6.42 Å². The van der Waals surface area contributed by atoms with Crippen molar-refractivity contribution in [3.8, 4) is 0 Å². The van der Waals surface area contributed by atoms with Gasteiger partial charge in [-0.2, -0.15) is 11.8 Å². The van der Waals surface area contributed by atoms with E-state index < -0.39 is 78.6 Å². The molecule has 1 aliphatic carbocycles. The summed E-state index contributed by atoms with van der Waals surface area (Å²) in [5, 5.41) is 2.53. The molecule has 0 saturated heterocycles. The molecule has 1 aliphatic rings. The van der Waals surface area contributed by atoms with Gasteiger partial charge in [-0.25, -0.2) is 4.79 Å². The molecule has 12 nitrogen and oxygen atoms in total. The molecule has 1 saturated carbocycles. The molecule has 0 unspecified atom stereocenters. The smallest absolute Gasteiger partial charge is 0.328 e. The summed E-state index contributed by atoms with van der Waals surface area (Å²) < 4.78 is 25.9. The molecule has 13 heteroatoms. The van der Waals surface area contributed by atoms with Gasteiger partial charge in [0.1, 0.15) is 18.2 Å². The molecular formula is C21H31NO11S. The summed E-state index contributed by atoms with van der Waals surface area (Å²) in [6.07, 6.45) is -2.63. The quantitative estimate of drug-likeness (QED) is 0.320. The Bertz CT molecular complexity index is 774. The van der Waals surface area contributed by atoms with Crippen molar-refractivity contribution in [2.45, 2.75) is 76.9 Å². The third kappa shape index (κ3) is 8.50. The summed E-state index contributed by atoms with van der Waals surface area (Å²) >= 11 is 1.44. The van der Waals surface area contributed by atoms with Crippen LogP contribution in [0.25, 0.3) is 0 Å². The molecule has 1 amide bonds. The second kappa shape index (κ2) is 13.2. The Labute approximate surface area is 201 Å². The average Bonchev–Trinajstić information content (AvgIpc) is 2.71. The number of hydrogen-bond acceptors (Lipinski definition) is 12. The highest BCUT2D eigenvalue weighted by molar-refractivity contribution is 7.98. The third-order valence-electron chi connectivity index (χ3n) is 4.89. The van der Waals surface area contributed by atoms with Crippen LogP contribution >= 0.6 is 11.8 Å². The zero-order valence-electron chi connectivity index (χ0n) is 20.0. The molecule has 0 spiro atoms. The van der Waals surface area contributed by atoms with Crippen molar-refractivity contribution in [3.63, 3.8) is 0 Å². The topological polar surface area (TPSA) is 161 Å². The van der Waals surface area contributed by atoms with Crippen molar-refractivity contribution in [1.29, 1.82) is 0 Å². The molecule has 0 heterocycles. The lowest BCUT2D eigenvalue weighted by Gasteiger charge is -2.45. The highest BCUT2D eigenvalue weighted by Crippen LogP contribution is 2.38. The molecule has 0 radical (unpaired) electrons. The Hall–Kier alpha value is -2.83. The largest absolute Gasteiger partial charge is 0.467 e. The van der Waals surface area contributed by atoms with Crippen LogP contribution in [-0.2, 0) is 52.5 Å². The molecule has 0 aromatic carbocycles. The molecule has 1 fully saturated rings. The second-order valence-electron chi connectivity index (χ2n) is 7.70. The van der Waals surface area contributed by atoms with Gasteiger partial charge < -0.3 is 29.0 Å². The van der Waals surface area contributed by atoms with Crippen LogP contribution in [0.15, 0.2) is 0 Å². The first kappa shape index (κ1) is 29.2. The Morgan fingerprint density at radius 2 is 1.38 bits per heavy atom. The number of nitrogens with one attached hydrogen (secondary N) is 1. The number of carbonyl (C=O) groups is 6. The van der Waals surface area contributed by atoms with Crippen molar-refractivity contribution < 1.29 is 52.5 Å². The van der Waals surface area contributed by atoms with E-state index in [1.54, 1.807) is 0 Å². The predicted octanol–water partition coefficient (Wildman–Crippen LogP) is 0.288. The number of methoxy groups -OCH3 is 1. The predicted molar refractivity (Wildman–Crippen MR) is 117 cm³/mol. The molecule has 0 bridgehead atoms. The first-order valence-corrected chi connectivity index (χ1v) is 11.8. The SMILES string of the molecule is COC(=O)[C@@H](CCSC)NC(=O)C1(OC(C)=O)C[C@H](OC(C)=O)C(OC(C)=O)[C@@H](OC(C)=O)C1. The third-order valence-corrected chi connectivity index (χ3v) is 5.53. The summed E-state index contributed by atoms with van der Waals surface area (Å²) in [6, 6.07) is -1.05. The highest BCUT2D eigenvalue weighted by Gasteiger charge is 2.57. The Kier molecular flexibility index (Phi) is 11.3. The van der Waals surface area contributed by atoms with Crippen LogP contribution in [0.1, 0.15) is 47.0 Å². The van der Waals surface area contributed by atoms with Crippen molar-refractivity contribution in [2.24, 2.45) is 0 Å². The molecule has 192 valence electrons. The fourth-order valence-corrected chi connectivity index (χ4v) is 4.17. The summed E-state index contributed by atoms with van der Waals surface area (Å²) in [6.45, 7) is 4.39. The minimum Gasteiger partial charge on any atom is -0.467 e. The lowest BCUT2D eigenvalue weighted by Crippen LogP contribution is -2.64. The summed E-state index contributed by atoms with van der Waals surface area (Å²) in [5.74, 6) is -4.20. The lowest BCUT2D eigenvalue weighted by atomic mass is 9.78. The lowest BCUT2D eigenvalue weighted by molar-refractivity contribution is -0.215. The van der Waals surface area contributed by atoms with Gasteiger partial charge in [-0.3, -0.25) is 24.0 Å². The molecule has 1 rings (SSSR count). The zero-order valence-corrected chi connectivity index (χ0v) is 20.9. The van der Waals surface area contributed by atoms with Crippen molar-refractivity contribution in [1.82, 2.24) is 5.32 Å². The van der Waals surface area contributed by atoms with Gasteiger partial charge in [-0.1, -0.05) is 0 Å². The standard InChI is InChI=1S/C21H31NO11S/c1-11(23)30-16-9-21(33-14(4)26,10-17(31-12(2)24)18(16)32-13(3)25)20(28)22-15(7-8-34-6)19(27)29-5/h15-18H,7-10H2,1-6H3,(H,22,28)/t15-,16+,17+,18?,21?/m1/s1. The minimum atomic E-state index is -2.01. The minimum absolute atomic E-state index is 0.229. The van der Waals surface area contributed by atoms with E-state index in [0.29, 0.717) is 5.75 Å².